The Balaban J connectivity index is 1.69. The predicted molar refractivity (Wildman–Crippen MR) is 129 cm³/mol. The van der Waals surface area contributed by atoms with Gasteiger partial charge in [-0.1, -0.05) is 11.6 Å². The van der Waals surface area contributed by atoms with E-state index in [1.54, 1.807) is 19.1 Å². The summed E-state index contributed by atoms with van der Waals surface area (Å²) in [5.74, 6) is -0.598. The molecule has 3 aromatic rings. The van der Waals surface area contributed by atoms with Crippen LogP contribution in [0.3, 0.4) is 0 Å². The number of halogens is 2. The van der Waals surface area contributed by atoms with Gasteiger partial charge >= 0.3 is 7.60 Å². The molecule has 0 spiro atoms. The fourth-order valence-electron chi connectivity index (χ4n) is 3.49. The summed E-state index contributed by atoms with van der Waals surface area (Å²) in [4.78, 5) is 31.0. The van der Waals surface area contributed by atoms with E-state index in [1.165, 1.54) is 24.5 Å². The van der Waals surface area contributed by atoms with Gasteiger partial charge in [0.25, 0.3) is 0 Å². The van der Waals surface area contributed by atoms with E-state index in [2.05, 4.69) is 20.6 Å². The van der Waals surface area contributed by atoms with Crippen LogP contribution in [0, 0.1) is 5.82 Å². The molecular formula is C22H23ClFN4O6P. The number of rotatable bonds is 9. The maximum absolute atomic E-state index is 13.5. The predicted octanol–water partition coefficient (Wildman–Crippen LogP) is 4.49. The van der Waals surface area contributed by atoms with Crippen molar-refractivity contribution >= 4 is 53.2 Å². The lowest BCUT2D eigenvalue weighted by Gasteiger charge is -2.18. The number of anilines is 3. The SMILES string of the molecule is CCOP(=O)(O)CC(=O)Nc1cc2c(Nc3ccc(F)c(Cl)c3)ncnc2cc1O[C@H]1CCOC1. The molecule has 10 nitrogen and oxygen atoms in total. The molecule has 1 aliphatic heterocycles. The lowest BCUT2D eigenvalue weighted by Crippen LogP contribution is -2.20. The number of fused-ring (bicyclic) bond motifs is 1. The van der Waals surface area contributed by atoms with Crippen molar-refractivity contribution in [3.8, 4) is 5.75 Å². The first-order valence-corrected chi connectivity index (χ1v) is 12.9. The van der Waals surface area contributed by atoms with Gasteiger partial charge in [-0.15, -0.1) is 0 Å². The van der Waals surface area contributed by atoms with E-state index >= 15 is 0 Å². The highest BCUT2D eigenvalue weighted by Gasteiger charge is 2.25. The standard InChI is InChI=1S/C22H23ClFN4O6P/c1-2-33-35(30,31)11-21(29)28-19-8-15-18(9-20(19)34-14-5-6-32-10-14)25-12-26-22(15)27-13-3-4-17(24)16(23)7-13/h3-4,7-9,12,14H,2,5-6,10-11H2,1H3,(H,28,29)(H,30,31)(H,25,26,27)/t14-/m0/s1. The number of nitrogens with zero attached hydrogens (tertiary/aromatic N) is 2. The average molecular weight is 525 g/mol. The fourth-order valence-corrected chi connectivity index (χ4v) is 4.61. The molecule has 2 heterocycles. The molecule has 1 unspecified atom stereocenters. The zero-order valence-electron chi connectivity index (χ0n) is 18.7. The third kappa shape index (κ3) is 6.45. The monoisotopic (exact) mass is 524 g/mol. The van der Waals surface area contributed by atoms with Gasteiger partial charge in [-0.2, -0.15) is 0 Å². The summed E-state index contributed by atoms with van der Waals surface area (Å²) in [7, 11) is -4.10. The Labute approximate surface area is 205 Å². The Morgan fingerprint density at radius 2 is 2.17 bits per heavy atom. The van der Waals surface area contributed by atoms with Crippen molar-refractivity contribution in [2.45, 2.75) is 19.4 Å². The minimum Gasteiger partial charge on any atom is -0.486 e. The molecule has 4 rings (SSSR count). The highest BCUT2D eigenvalue weighted by atomic mass is 35.5. The zero-order chi connectivity index (χ0) is 25.0. The first-order valence-electron chi connectivity index (χ1n) is 10.8. The van der Waals surface area contributed by atoms with E-state index in [1.807, 2.05) is 0 Å². The molecule has 1 aromatic heterocycles. The van der Waals surface area contributed by atoms with Crippen molar-refractivity contribution in [3.05, 3.63) is 47.5 Å². The third-order valence-corrected chi connectivity index (χ3v) is 6.69. The minimum absolute atomic E-state index is 0.00710. The number of amides is 1. The molecule has 186 valence electrons. The van der Waals surface area contributed by atoms with Gasteiger partial charge in [0.15, 0.2) is 0 Å². The second kappa shape index (κ2) is 10.8. The highest BCUT2D eigenvalue weighted by molar-refractivity contribution is 7.53. The van der Waals surface area contributed by atoms with Crippen LogP contribution in [0.4, 0.5) is 21.6 Å². The van der Waals surface area contributed by atoms with Crippen LogP contribution >= 0.6 is 19.2 Å². The van der Waals surface area contributed by atoms with Gasteiger partial charge in [0.1, 0.15) is 36.0 Å². The molecule has 0 aliphatic carbocycles. The maximum atomic E-state index is 13.5. The number of carbonyl (C=O) groups is 1. The molecule has 13 heteroatoms. The van der Waals surface area contributed by atoms with Gasteiger partial charge in [0.05, 0.1) is 36.0 Å². The van der Waals surface area contributed by atoms with Crippen molar-refractivity contribution in [3.63, 3.8) is 0 Å². The first kappa shape index (κ1) is 25.3. The topological polar surface area (TPSA) is 132 Å². The number of carbonyl (C=O) groups excluding carboxylic acids is 1. The summed E-state index contributed by atoms with van der Waals surface area (Å²) in [5.41, 5.74) is 1.24. The summed E-state index contributed by atoms with van der Waals surface area (Å²) >= 11 is 5.88. The van der Waals surface area contributed by atoms with Crippen molar-refractivity contribution in [2.24, 2.45) is 0 Å². The number of hydrogen-bond acceptors (Lipinski definition) is 8. The van der Waals surface area contributed by atoms with E-state index < -0.39 is 25.5 Å². The third-order valence-electron chi connectivity index (χ3n) is 5.05. The molecule has 35 heavy (non-hydrogen) atoms. The molecule has 1 saturated heterocycles. The number of nitrogens with one attached hydrogen (secondary N) is 2. The van der Waals surface area contributed by atoms with Crippen LogP contribution in [0.5, 0.6) is 5.75 Å². The molecule has 0 radical (unpaired) electrons. The van der Waals surface area contributed by atoms with E-state index in [9.17, 15) is 18.6 Å². The van der Waals surface area contributed by atoms with E-state index in [-0.39, 0.29) is 23.4 Å². The summed E-state index contributed by atoms with van der Waals surface area (Å²) in [6.07, 6.45) is 1.07. The van der Waals surface area contributed by atoms with Crippen LogP contribution in [0.1, 0.15) is 13.3 Å². The van der Waals surface area contributed by atoms with Crippen molar-refractivity contribution in [1.82, 2.24) is 9.97 Å². The number of hydrogen-bond donors (Lipinski definition) is 3. The largest absolute Gasteiger partial charge is 0.486 e. The molecule has 0 saturated carbocycles. The Kier molecular flexibility index (Phi) is 7.83. The Morgan fingerprint density at radius 1 is 1.34 bits per heavy atom. The van der Waals surface area contributed by atoms with Crippen LogP contribution < -0.4 is 15.4 Å². The van der Waals surface area contributed by atoms with Crippen LogP contribution in [0.25, 0.3) is 10.9 Å². The zero-order valence-corrected chi connectivity index (χ0v) is 20.3. The summed E-state index contributed by atoms with van der Waals surface area (Å²) in [5, 5.41) is 6.14. The van der Waals surface area contributed by atoms with Gasteiger partial charge in [-0.3, -0.25) is 9.36 Å². The highest BCUT2D eigenvalue weighted by Crippen LogP contribution is 2.42. The van der Waals surface area contributed by atoms with Gasteiger partial charge in [-0.05, 0) is 31.2 Å². The van der Waals surface area contributed by atoms with Gasteiger partial charge < -0.3 is 29.5 Å². The van der Waals surface area contributed by atoms with Crippen LogP contribution in [-0.2, 0) is 18.6 Å². The normalized spacial score (nSPS) is 17.2. The second-order valence-corrected chi connectivity index (χ2v) is 9.96. The van der Waals surface area contributed by atoms with E-state index in [0.717, 1.165) is 0 Å². The van der Waals surface area contributed by atoms with Crippen molar-refractivity contribution in [1.29, 1.82) is 0 Å². The number of aromatic nitrogens is 2. The minimum atomic E-state index is -4.10. The molecule has 2 atom stereocenters. The van der Waals surface area contributed by atoms with Gasteiger partial charge in [0, 0.05) is 23.6 Å². The van der Waals surface area contributed by atoms with Crippen molar-refractivity contribution in [2.75, 3.05) is 36.6 Å². The maximum Gasteiger partial charge on any atom is 0.337 e. The second-order valence-electron chi connectivity index (χ2n) is 7.71. The molecule has 2 aromatic carbocycles. The Bertz CT molecular complexity index is 1290. The summed E-state index contributed by atoms with van der Waals surface area (Å²) in [6.45, 7) is 2.50. The van der Waals surface area contributed by atoms with E-state index in [4.69, 9.17) is 25.6 Å². The van der Waals surface area contributed by atoms with Crippen LogP contribution in [-0.4, -0.2) is 52.9 Å². The number of benzene rings is 2. The molecule has 3 N–H and O–H groups in total. The molecule has 1 aliphatic rings. The molecule has 0 bridgehead atoms. The smallest absolute Gasteiger partial charge is 0.337 e. The van der Waals surface area contributed by atoms with Gasteiger partial charge in [0.2, 0.25) is 5.91 Å². The lowest BCUT2D eigenvalue weighted by molar-refractivity contribution is -0.114. The van der Waals surface area contributed by atoms with Crippen molar-refractivity contribution < 1.29 is 32.6 Å². The lowest BCUT2D eigenvalue weighted by atomic mass is 10.1. The van der Waals surface area contributed by atoms with Crippen LogP contribution in [0.15, 0.2) is 36.7 Å². The quantitative estimate of drug-likeness (QED) is 0.346. The summed E-state index contributed by atoms with van der Waals surface area (Å²) < 4.78 is 41.8. The summed E-state index contributed by atoms with van der Waals surface area (Å²) in [6, 6.07) is 7.37. The Morgan fingerprint density at radius 3 is 2.89 bits per heavy atom. The average Bonchev–Trinajstić information content (AvgIpc) is 3.30. The van der Waals surface area contributed by atoms with Gasteiger partial charge in [-0.25, -0.2) is 14.4 Å². The Hall–Kier alpha value is -2.82. The molecular weight excluding hydrogens is 502 g/mol. The van der Waals surface area contributed by atoms with Crippen LogP contribution in [0.2, 0.25) is 5.02 Å². The molecule has 1 fully saturated rings. The first-order chi connectivity index (χ1) is 16.7. The number of ether oxygens (including phenoxy) is 2. The fraction of sp³-hybridized carbons (Fsp3) is 0.318. The molecule has 1 amide bonds. The van der Waals surface area contributed by atoms with E-state index in [0.29, 0.717) is 47.8 Å².